The molecule has 0 amide bonds. The van der Waals surface area contributed by atoms with E-state index in [0.717, 1.165) is 10.5 Å². The highest BCUT2D eigenvalue weighted by molar-refractivity contribution is 7.80. The molecule has 0 saturated carbocycles. The van der Waals surface area contributed by atoms with Crippen molar-refractivity contribution in [3.05, 3.63) is 59.2 Å². The number of thiol groups is 1. The molecular formula is C17H11ClFNO3S. The van der Waals surface area contributed by atoms with E-state index in [0.29, 0.717) is 17.0 Å². The Balaban J connectivity index is 2.15. The quantitative estimate of drug-likeness (QED) is 0.658. The molecule has 0 spiro atoms. The molecule has 7 heteroatoms. The molecule has 0 saturated heterocycles. The zero-order valence-corrected chi connectivity index (χ0v) is 13.8. The van der Waals surface area contributed by atoms with E-state index in [1.807, 2.05) is 0 Å². The van der Waals surface area contributed by atoms with E-state index in [2.05, 4.69) is 17.6 Å². The Hall–Kier alpha value is -2.31. The second kappa shape index (κ2) is 6.67. The molecule has 0 unspecified atom stereocenters. The number of rotatable bonds is 4. The van der Waals surface area contributed by atoms with Crippen LogP contribution in [0.1, 0.15) is 5.89 Å². The monoisotopic (exact) mass is 363 g/mol. The fourth-order valence-electron chi connectivity index (χ4n) is 2.22. The first kappa shape index (κ1) is 16.5. The smallest absolute Gasteiger partial charge is 0.312 e. The number of carbonyl (C=O) groups is 1. The molecule has 0 fully saturated rings. The van der Waals surface area contributed by atoms with Gasteiger partial charge in [-0.3, -0.25) is 4.79 Å². The van der Waals surface area contributed by atoms with Gasteiger partial charge in [-0.05, 0) is 30.3 Å². The maximum absolute atomic E-state index is 13.4. The van der Waals surface area contributed by atoms with Gasteiger partial charge in [-0.15, -0.1) is 12.6 Å². The van der Waals surface area contributed by atoms with Gasteiger partial charge in [0, 0.05) is 16.0 Å². The maximum atomic E-state index is 13.4. The molecule has 122 valence electrons. The van der Waals surface area contributed by atoms with E-state index in [9.17, 15) is 9.18 Å². The number of aromatic nitrogens is 1. The Labute approximate surface area is 147 Å². The Bertz CT molecular complexity index is 909. The minimum Gasteiger partial charge on any atom is -0.481 e. The summed E-state index contributed by atoms with van der Waals surface area (Å²) in [4.78, 5) is 16.0. The molecular weight excluding hydrogens is 353 g/mol. The summed E-state index contributed by atoms with van der Waals surface area (Å²) in [6, 6.07) is 11.3. The van der Waals surface area contributed by atoms with Crippen molar-refractivity contribution in [2.24, 2.45) is 0 Å². The maximum Gasteiger partial charge on any atom is 0.312 e. The number of carboxylic acid groups (broad SMARTS) is 1. The van der Waals surface area contributed by atoms with Crippen LogP contribution in [0.3, 0.4) is 0 Å². The molecule has 0 radical (unpaired) electrons. The number of nitrogens with zero attached hydrogens (tertiary/aromatic N) is 1. The number of carboxylic acids is 1. The van der Waals surface area contributed by atoms with Crippen LogP contribution in [0.5, 0.6) is 0 Å². The van der Waals surface area contributed by atoms with Crippen LogP contribution in [-0.2, 0) is 11.2 Å². The van der Waals surface area contributed by atoms with E-state index in [4.69, 9.17) is 21.1 Å². The van der Waals surface area contributed by atoms with Crippen LogP contribution in [-0.4, -0.2) is 16.1 Å². The van der Waals surface area contributed by atoms with Crippen molar-refractivity contribution >= 4 is 30.2 Å². The molecule has 0 bridgehead atoms. The normalized spacial score (nSPS) is 10.8. The van der Waals surface area contributed by atoms with Crippen LogP contribution >= 0.6 is 24.2 Å². The van der Waals surface area contributed by atoms with Crippen molar-refractivity contribution in [2.45, 2.75) is 11.3 Å². The molecule has 0 atom stereocenters. The lowest BCUT2D eigenvalue weighted by Crippen LogP contribution is -1.99. The number of hydrogen-bond donors (Lipinski definition) is 2. The molecule has 0 aliphatic heterocycles. The van der Waals surface area contributed by atoms with E-state index in [1.54, 1.807) is 24.3 Å². The summed E-state index contributed by atoms with van der Waals surface area (Å²) in [6.07, 6.45) is -0.355. The first-order valence-corrected chi connectivity index (χ1v) is 7.73. The molecule has 3 aromatic rings. The topological polar surface area (TPSA) is 63.3 Å². The van der Waals surface area contributed by atoms with E-state index in [-0.39, 0.29) is 17.3 Å². The van der Waals surface area contributed by atoms with Gasteiger partial charge in [-0.2, -0.15) is 0 Å². The second-order valence-corrected chi connectivity index (χ2v) is 5.96. The summed E-state index contributed by atoms with van der Waals surface area (Å²) >= 11 is 10.1. The highest BCUT2D eigenvalue weighted by Crippen LogP contribution is 2.34. The van der Waals surface area contributed by atoms with Crippen LogP contribution in [0.2, 0.25) is 5.02 Å². The lowest BCUT2D eigenvalue weighted by molar-refractivity contribution is -0.136. The van der Waals surface area contributed by atoms with Crippen LogP contribution in [0.15, 0.2) is 51.8 Å². The van der Waals surface area contributed by atoms with Gasteiger partial charge in [0.15, 0.2) is 5.76 Å². The first-order chi connectivity index (χ1) is 11.4. The SMILES string of the molecule is O=C(O)Cc1nc(-c2ccc(S)cc2)c(-c2ccc(F)c(Cl)c2)o1. The number of benzene rings is 2. The van der Waals surface area contributed by atoms with Crippen molar-refractivity contribution in [1.82, 2.24) is 4.98 Å². The van der Waals surface area contributed by atoms with Crippen molar-refractivity contribution in [3.63, 3.8) is 0 Å². The number of halogens is 2. The summed E-state index contributed by atoms with van der Waals surface area (Å²) < 4.78 is 19.0. The van der Waals surface area contributed by atoms with Crippen LogP contribution < -0.4 is 0 Å². The van der Waals surface area contributed by atoms with Crippen molar-refractivity contribution in [3.8, 4) is 22.6 Å². The van der Waals surface area contributed by atoms with Gasteiger partial charge >= 0.3 is 5.97 Å². The molecule has 1 aromatic heterocycles. The first-order valence-electron chi connectivity index (χ1n) is 6.90. The lowest BCUT2D eigenvalue weighted by atomic mass is 10.1. The fourth-order valence-corrected chi connectivity index (χ4v) is 2.55. The Morgan fingerprint density at radius 2 is 1.88 bits per heavy atom. The Morgan fingerprint density at radius 1 is 1.21 bits per heavy atom. The van der Waals surface area contributed by atoms with Gasteiger partial charge < -0.3 is 9.52 Å². The molecule has 1 N–H and O–H groups in total. The van der Waals surface area contributed by atoms with Gasteiger partial charge in [0.05, 0.1) is 5.02 Å². The summed E-state index contributed by atoms with van der Waals surface area (Å²) in [5.74, 6) is -1.22. The van der Waals surface area contributed by atoms with Gasteiger partial charge in [-0.25, -0.2) is 9.37 Å². The molecule has 1 heterocycles. The second-order valence-electron chi connectivity index (χ2n) is 5.03. The third-order valence-corrected chi connectivity index (χ3v) is 3.88. The van der Waals surface area contributed by atoms with Gasteiger partial charge in [0.1, 0.15) is 17.9 Å². The van der Waals surface area contributed by atoms with E-state index >= 15 is 0 Å². The third-order valence-electron chi connectivity index (χ3n) is 3.30. The van der Waals surface area contributed by atoms with Crippen LogP contribution in [0, 0.1) is 5.82 Å². The summed E-state index contributed by atoms with van der Waals surface area (Å²) in [5, 5.41) is 8.89. The van der Waals surface area contributed by atoms with Crippen LogP contribution in [0.4, 0.5) is 4.39 Å². The van der Waals surface area contributed by atoms with Crippen molar-refractivity contribution < 1.29 is 18.7 Å². The molecule has 24 heavy (non-hydrogen) atoms. The predicted octanol–water partition coefficient (Wildman–Crippen LogP) is 4.72. The summed E-state index contributed by atoms with van der Waals surface area (Å²) in [5.41, 5.74) is 1.70. The number of oxazole rings is 1. The summed E-state index contributed by atoms with van der Waals surface area (Å²) in [6.45, 7) is 0. The fraction of sp³-hybridized carbons (Fsp3) is 0.0588. The minimum atomic E-state index is -1.06. The molecule has 2 aromatic carbocycles. The Kier molecular flexibility index (Phi) is 4.59. The third kappa shape index (κ3) is 3.44. The van der Waals surface area contributed by atoms with Gasteiger partial charge in [0.2, 0.25) is 5.89 Å². The molecule has 0 aliphatic rings. The number of hydrogen-bond acceptors (Lipinski definition) is 4. The zero-order chi connectivity index (χ0) is 17.3. The lowest BCUT2D eigenvalue weighted by Gasteiger charge is -2.03. The molecule has 0 aliphatic carbocycles. The van der Waals surface area contributed by atoms with E-state index < -0.39 is 11.8 Å². The van der Waals surface area contributed by atoms with Crippen molar-refractivity contribution in [2.75, 3.05) is 0 Å². The van der Waals surface area contributed by atoms with Gasteiger partial charge in [0.25, 0.3) is 0 Å². The highest BCUT2D eigenvalue weighted by atomic mass is 35.5. The standard InChI is InChI=1S/C17H11ClFNO3S/c18-12-7-10(3-6-13(12)19)17-16(9-1-4-11(24)5-2-9)20-14(23-17)8-15(21)22/h1-7,24H,8H2,(H,21,22). The van der Waals surface area contributed by atoms with E-state index in [1.165, 1.54) is 18.2 Å². The van der Waals surface area contributed by atoms with Crippen LogP contribution in [0.25, 0.3) is 22.6 Å². The largest absolute Gasteiger partial charge is 0.481 e. The highest BCUT2D eigenvalue weighted by Gasteiger charge is 2.19. The molecule has 4 nitrogen and oxygen atoms in total. The minimum absolute atomic E-state index is 0.0552. The average Bonchev–Trinajstić information content (AvgIpc) is 2.94. The average molecular weight is 364 g/mol. The van der Waals surface area contributed by atoms with Gasteiger partial charge in [-0.1, -0.05) is 23.7 Å². The predicted molar refractivity (Wildman–Crippen MR) is 90.9 cm³/mol. The zero-order valence-electron chi connectivity index (χ0n) is 12.2. The molecule has 3 rings (SSSR count). The Morgan fingerprint density at radius 3 is 2.50 bits per heavy atom. The number of aliphatic carboxylic acids is 1. The van der Waals surface area contributed by atoms with Crippen molar-refractivity contribution in [1.29, 1.82) is 0 Å². The summed E-state index contributed by atoms with van der Waals surface area (Å²) in [7, 11) is 0.